The van der Waals surface area contributed by atoms with Gasteiger partial charge in [-0.2, -0.15) is 13.2 Å². The highest BCUT2D eigenvalue weighted by molar-refractivity contribution is 7.99. The first-order valence-electron chi connectivity index (χ1n) is 8.19. The standard InChI is InChI=1S/C19H19F3N2OS/c1-12-3-8-16(11-13(12)2)23-18(25)24-9-10-26-17(24)14-4-6-15(7-5-14)19(20,21)22/h3-8,11,17H,9-10H2,1-2H3,(H,23,25). The molecular formula is C19H19F3N2OS. The lowest BCUT2D eigenvalue weighted by Crippen LogP contribution is -2.34. The van der Waals surface area contributed by atoms with E-state index in [1.165, 1.54) is 12.1 Å². The summed E-state index contributed by atoms with van der Waals surface area (Å²) in [5.74, 6) is 0.742. The van der Waals surface area contributed by atoms with Crippen molar-refractivity contribution >= 4 is 23.5 Å². The third kappa shape index (κ3) is 3.98. The molecule has 1 N–H and O–H groups in total. The summed E-state index contributed by atoms with van der Waals surface area (Å²) < 4.78 is 38.2. The number of carbonyl (C=O) groups excluding carboxylic acids is 1. The normalized spacial score (nSPS) is 17.4. The predicted octanol–water partition coefficient (Wildman–Crippen LogP) is 5.60. The number of nitrogens with one attached hydrogen (secondary N) is 1. The number of carbonyl (C=O) groups is 1. The highest BCUT2D eigenvalue weighted by Crippen LogP contribution is 2.39. The first-order chi connectivity index (χ1) is 12.3. The Bertz CT molecular complexity index is 805. The van der Waals surface area contributed by atoms with Crippen LogP contribution in [0.5, 0.6) is 0 Å². The van der Waals surface area contributed by atoms with E-state index in [0.29, 0.717) is 17.8 Å². The second-order valence-corrected chi connectivity index (χ2v) is 7.45. The molecule has 1 aliphatic heterocycles. The summed E-state index contributed by atoms with van der Waals surface area (Å²) in [7, 11) is 0. The van der Waals surface area contributed by atoms with Gasteiger partial charge in [0.1, 0.15) is 5.37 Å². The molecule has 0 aliphatic carbocycles. The van der Waals surface area contributed by atoms with Gasteiger partial charge in [-0.3, -0.25) is 0 Å². The number of benzene rings is 2. The highest BCUT2D eigenvalue weighted by Gasteiger charge is 2.33. The van der Waals surface area contributed by atoms with Crippen molar-refractivity contribution in [2.45, 2.75) is 25.4 Å². The van der Waals surface area contributed by atoms with Gasteiger partial charge in [0.25, 0.3) is 0 Å². The summed E-state index contributed by atoms with van der Waals surface area (Å²) in [6, 6.07) is 10.5. The van der Waals surface area contributed by atoms with Gasteiger partial charge in [-0.05, 0) is 54.8 Å². The zero-order valence-electron chi connectivity index (χ0n) is 14.4. The summed E-state index contributed by atoms with van der Waals surface area (Å²) >= 11 is 1.55. The van der Waals surface area contributed by atoms with E-state index >= 15 is 0 Å². The molecular weight excluding hydrogens is 361 g/mol. The van der Waals surface area contributed by atoms with E-state index in [1.807, 2.05) is 32.0 Å². The second-order valence-electron chi connectivity index (χ2n) is 6.27. The van der Waals surface area contributed by atoms with Gasteiger partial charge in [-0.25, -0.2) is 4.79 Å². The second kappa shape index (κ2) is 7.23. The molecule has 0 spiro atoms. The molecule has 1 atom stereocenters. The maximum atomic E-state index is 12.7. The van der Waals surface area contributed by atoms with Crippen LogP contribution in [0.15, 0.2) is 42.5 Å². The lowest BCUT2D eigenvalue weighted by molar-refractivity contribution is -0.137. The first-order valence-corrected chi connectivity index (χ1v) is 9.24. The fourth-order valence-corrected chi connectivity index (χ4v) is 4.06. The van der Waals surface area contributed by atoms with Crippen LogP contribution in [0.2, 0.25) is 0 Å². The number of hydrogen-bond donors (Lipinski definition) is 1. The third-order valence-electron chi connectivity index (χ3n) is 4.43. The number of thioether (sulfide) groups is 1. The van der Waals surface area contributed by atoms with Crippen LogP contribution < -0.4 is 5.32 Å². The molecule has 1 unspecified atom stereocenters. The number of amides is 2. The molecule has 2 amide bonds. The Kier molecular flexibility index (Phi) is 5.18. The third-order valence-corrected chi connectivity index (χ3v) is 5.69. The van der Waals surface area contributed by atoms with Crippen LogP contribution in [0.3, 0.4) is 0 Å². The van der Waals surface area contributed by atoms with E-state index in [0.717, 1.165) is 29.0 Å². The molecule has 1 aliphatic rings. The van der Waals surface area contributed by atoms with Gasteiger partial charge in [0.2, 0.25) is 0 Å². The van der Waals surface area contributed by atoms with E-state index in [1.54, 1.807) is 16.7 Å². The van der Waals surface area contributed by atoms with E-state index in [-0.39, 0.29) is 11.4 Å². The van der Waals surface area contributed by atoms with Crippen molar-refractivity contribution in [2.75, 3.05) is 17.6 Å². The SMILES string of the molecule is Cc1ccc(NC(=O)N2CCSC2c2ccc(C(F)(F)F)cc2)cc1C. The van der Waals surface area contributed by atoms with Crippen molar-refractivity contribution in [1.29, 1.82) is 0 Å². The van der Waals surface area contributed by atoms with E-state index in [4.69, 9.17) is 0 Å². The summed E-state index contributed by atoms with van der Waals surface area (Å²) in [5.41, 5.74) is 2.94. The predicted molar refractivity (Wildman–Crippen MR) is 98.3 cm³/mol. The lowest BCUT2D eigenvalue weighted by Gasteiger charge is -2.25. The maximum absolute atomic E-state index is 12.7. The molecule has 0 aromatic heterocycles. The Morgan fingerprint density at radius 3 is 2.42 bits per heavy atom. The fraction of sp³-hybridized carbons (Fsp3) is 0.316. The number of hydrogen-bond acceptors (Lipinski definition) is 2. The van der Waals surface area contributed by atoms with Crippen LogP contribution in [0.25, 0.3) is 0 Å². The topological polar surface area (TPSA) is 32.3 Å². The van der Waals surface area contributed by atoms with Gasteiger partial charge >= 0.3 is 12.2 Å². The zero-order valence-corrected chi connectivity index (χ0v) is 15.2. The van der Waals surface area contributed by atoms with Crippen LogP contribution in [0.4, 0.5) is 23.7 Å². The highest BCUT2D eigenvalue weighted by atomic mass is 32.2. The number of nitrogens with zero attached hydrogens (tertiary/aromatic N) is 1. The number of rotatable bonds is 2. The molecule has 2 aromatic carbocycles. The average Bonchev–Trinajstić information content (AvgIpc) is 3.07. The van der Waals surface area contributed by atoms with Crippen molar-refractivity contribution < 1.29 is 18.0 Å². The van der Waals surface area contributed by atoms with Gasteiger partial charge in [-0.1, -0.05) is 18.2 Å². The summed E-state index contributed by atoms with van der Waals surface area (Å²) in [4.78, 5) is 14.3. The number of alkyl halides is 3. The molecule has 0 radical (unpaired) electrons. The molecule has 0 bridgehead atoms. The fourth-order valence-electron chi connectivity index (χ4n) is 2.81. The molecule has 7 heteroatoms. The minimum absolute atomic E-state index is 0.247. The number of aryl methyl sites for hydroxylation is 2. The van der Waals surface area contributed by atoms with Crippen LogP contribution in [-0.4, -0.2) is 23.2 Å². The molecule has 26 heavy (non-hydrogen) atoms. The molecule has 1 saturated heterocycles. The van der Waals surface area contributed by atoms with Crippen molar-refractivity contribution in [1.82, 2.24) is 4.90 Å². The van der Waals surface area contributed by atoms with Gasteiger partial charge in [0.05, 0.1) is 5.56 Å². The number of urea groups is 1. The zero-order chi connectivity index (χ0) is 18.9. The number of halogens is 3. The van der Waals surface area contributed by atoms with Gasteiger partial charge < -0.3 is 10.2 Å². The van der Waals surface area contributed by atoms with Crippen molar-refractivity contribution in [3.63, 3.8) is 0 Å². The van der Waals surface area contributed by atoms with Gasteiger partial charge in [0, 0.05) is 18.0 Å². The lowest BCUT2D eigenvalue weighted by atomic mass is 10.1. The van der Waals surface area contributed by atoms with Crippen LogP contribution in [0, 0.1) is 13.8 Å². The quantitative estimate of drug-likeness (QED) is 0.735. The van der Waals surface area contributed by atoms with Crippen LogP contribution in [-0.2, 0) is 6.18 Å². The Morgan fingerprint density at radius 1 is 1.12 bits per heavy atom. The molecule has 1 heterocycles. The first kappa shape index (κ1) is 18.6. The van der Waals surface area contributed by atoms with E-state index < -0.39 is 11.7 Å². The van der Waals surface area contributed by atoms with E-state index in [2.05, 4.69) is 5.32 Å². The molecule has 1 fully saturated rings. The van der Waals surface area contributed by atoms with Crippen molar-refractivity contribution in [3.05, 3.63) is 64.7 Å². The summed E-state index contributed by atoms with van der Waals surface area (Å²) in [6.45, 7) is 4.52. The van der Waals surface area contributed by atoms with Crippen molar-refractivity contribution in [3.8, 4) is 0 Å². The Balaban J connectivity index is 1.75. The summed E-state index contributed by atoms with van der Waals surface area (Å²) in [5, 5.41) is 2.59. The van der Waals surface area contributed by atoms with Gasteiger partial charge in [0.15, 0.2) is 0 Å². The monoisotopic (exact) mass is 380 g/mol. The molecule has 2 aromatic rings. The molecule has 3 nitrogen and oxygen atoms in total. The van der Waals surface area contributed by atoms with Crippen LogP contribution >= 0.6 is 11.8 Å². The minimum atomic E-state index is -4.36. The minimum Gasteiger partial charge on any atom is -0.308 e. The maximum Gasteiger partial charge on any atom is 0.416 e. The Morgan fingerprint density at radius 2 is 1.81 bits per heavy atom. The molecule has 3 rings (SSSR count). The summed E-state index contributed by atoms with van der Waals surface area (Å²) in [6.07, 6.45) is -4.36. The van der Waals surface area contributed by atoms with E-state index in [9.17, 15) is 18.0 Å². The number of anilines is 1. The van der Waals surface area contributed by atoms with Gasteiger partial charge in [-0.15, -0.1) is 11.8 Å². The average molecular weight is 380 g/mol. The smallest absolute Gasteiger partial charge is 0.308 e. The Labute approximate surface area is 154 Å². The van der Waals surface area contributed by atoms with Crippen molar-refractivity contribution in [2.24, 2.45) is 0 Å². The largest absolute Gasteiger partial charge is 0.416 e. The Hall–Kier alpha value is -2.15. The molecule has 138 valence electrons. The van der Waals surface area contributed by atoms with Crippen LogP contribution in [0.1, 0.15) is 27.6 Å². The molecule has 0 saturated carbocycles.